The van der Waals surface area contributed by atoms with Gasteiger partial charge in [0.2, 0.25) is 5.91 Å². The molecule has 0 bridgehead atoms. The molecular weight excluding hydrogens is 348 g/mol. The van der Waals surface area contributed by atoms with Gasteiger partial charge < -0.3 is 20.3 Å². The first kappa shape index (κ1) is 19.3. The molecule has 1 aromatic rings. The van der Waals surface area contributed by atoms with Crippen molar-refractivity contribution < 1.29 is 19.1 Å². The highest BCUT2D eigenvalue weighted by Crippen LogP contribution is 2.29. The lowest BCUT2D eigenvalue weighted by Gasteiger charge is -2.29. The molecule has 8 heteroatoms. The van der Waals surface area contributed by atoms with Crippen molar-refractivity contribution in [1.29, 1.82) is 0 Å². The zero-order chi connectivity index (χ0) is 19.2. The number of hydrogen-bond acceptors (Lipinski definition) is 5. The summed E-state index contributed by atoms with van der Waals surface area (Å²) in [6, 6.07) is 5.38. The Morgan fingerprint density at radius 3 is 2.63 bits per heavy atom. The fourth-order valence-electron chi connectivity index (χ4n) is 3.42. The van der Waals surface area contributed by atoms with E-state index in [9.17, 15) is 14.4 Å². The van der Waals surface area contributed by atoms with Crippen LogP contribution in [0.2, 0.25) is 0 Å². The van der Waals surface area contributed by atoms with Crippen molar-refractivity contribution >= 4 is 29.1 Å². The van der Waals surface area contributed by atoms with Crippen molar-refractivity contribution in [2.75, 3.05) is 56.2 Å². The van der Waals surface area contributed by atoms with Crippen molar-refractivity contribution in [3.63, 3.8) is 0 Å². The molecule has 0 atom stereocenters. The highest BCUT2D eigenvalue weighted by atomic mass is 16.5. The third-order valence-electron chi connectivity index (χ3n) is 4.86. The van der Waals surface area contributed by atoms with Crippen LogP contribution in [0.3, 0.4) is 0 Å². The summed E-state index contributed by atoms with van der Waals surface area (Å²) in [6.45, 7) is 6.46. The minimum atomic E-state index is -0.684. The average Bonchev–Trinajstić information content (AvgIpc) is 2.68. The molecule has 27 heavy (non-hydrogen) atoms. The molecule has 0 aliphatic carbocycles. The summed E-state index contributed by atoms with van der Waals surface area (Å²) < 4.78 is 5.28. The lowest BCUT2D eigenvalue weighted by atomic mass is 10.0. The van der Waals surface area contributed by atoms with E-state index in [0.29, 0.717) is 38.5 Å². The second-order valence-electron chi connectivity index (χ2n) is 6.78. The molecule has 0 spiro atoms. The van der Waals surface area contributed by atoms with E-state index in [0.717, 1.165) is 37.2 Å². The predicted molar refractivity (Wildman–Crippen MR) is 102 cm³/mol. The first-order valence-corrected chi connectivity index (χ1v) is 9.35. The zero-order valence-corrected chi connectivity index (χ0v) is 15.6. The van der Waals surface area contributed by atoms with Gasteiger partial charge in [-0.05, 0) is 36.6 Å². The van der Waals surface area contributed by atoms with E-state index in [4.69, 9.17) is 4.74 Å². The molecule has 1 aromatic carbocycles. The molecule has 1 saturated heterocycles. The van der Waals surface area contributed by atoms with Crippen molar-refractivity contribution in [2.24, 2.45) is 0 Å². The molecule has 0 unspecified atom stereocenters. The Balaban J connectivity index is 1.51. The summed E-state index contributed by atoms with van der Waals surface area (Å²) in [5.41, 5.74) is 2.44. The maximum absolute atomic E-state index is 12.1. The number of fused-ring (bicyclic) bond motifs is 1. The van der Waals surface area contributed by atoms with Crippen LogP contribution >= 0.6 is 0 Å². The minimum Gasteiger partial charge on any atom is -0.379 e. The molecule has 2 aliphatic heterocycles. The van der Waals surface area contributed by atoms with Gasteiger partial charge in [0.15, 0.2) is 0 Å². The van der Waals surface area contributed by atoms with Crippen LogP contribution in [0.25, 0.3) is 0 Å². The van der Waals surface area contributed by atoms with E-state index in [1.54, 1.807) is 17.9 Å². The second kappa shape index (κ2) is 8.96. The first-order valence-electron chi connectivity index (χ1n) is 9.35. The number of aryl methyl sites for hydroxylation is 1. The average molecular weight is 374 g/mol. The van der Waals surface area contributed by atoms with Crippen molar-refractivity contribution in [3.05, 3.63) is 23.8 Å². The highest BCUT2D eigenvalue weighted by Gasteiger charge is 2.21. The number of anilines is 2. The number of rotatable bonds is 4. The van der Waals surface area contributed by atoms with Crippen LogP contribution in [0.5, 0.6) is 0 Å². The van der Waals surface area contributed by atoms with E-state index in [-0.39, 0.29) is 5.91 Å². The minimum absolute atomic E-state index is 0.00683. The fourth-order valence-corrected chi connectivity index (χ4v) is 3.42. The van der Waals surface area contributed by atoms with Gasteiger partial charge >= 0.3 is 11.8 Å². The lowest BCUT2D eigenvalue weighted by molar-refractivity contribution is -0.136. The Morgan fingerprint density at radius 2 is 1.89 bits per heavy atom. The predicted octanol–water partition coefficient (Wildman–Crippen LogP) is 0.373. The Kier molecular flexibility index (Phi) is 6.41. The van der Waals surface area contributed by atoms with E-state index in [2.05, 4.69) is 15.5 Å². The Hall–Kier alpha value is -2.45. The Labute approximate surface area is 158 Å². The molecule has 3 amide bonds. The van der Waals surface area contributed by atoms with Crippen molar-refractivity contribution in [1.82, 2.24) is 10.2 Å². The number of nitrogens with one attached hydrogen (secondary N) is 2. The van der Waals surface area contributed by atoms with Gasteiger partial charge in [-0.25, -0.2) is 0 Å². The molecule has 0 saturated carbocycles. The fraction of sp³-hybridized carbons (Fsp3) is 0.526. The molecule has 1 fully saturated rings. The maximum Gasteiger partial charge on any atom is 0.313 e. The molecule has 3 rings (SSSR count). The molecule has 0 radical (unpaired) electrons. The van der Waals surface area contributed by atoms with Crippen LogP contribution in [0.1, 0.15) is 18.9 Å². The highest BCUT2D eigenvalue weighted by molar-refractivity contribution is 6.39. The van der Waals surface area contributed by atoms with Gasteiger partial charge in [-0.15, -0.1) is 0 Å². The SMILES string of the molecule is CC(=O)N1CCCc2cc(NC(=O)C(=O)NCCN3CCOCC3)ccc21. The van der Waals surface area contributed by atoms with E-state index < -0.39 is 11.8 Å². The van der Waals surface area contributed by atoms with Crippen molar-refractivity contribution in [2.45, 2.75) is 19.8 Å². The maximum atomic E-state index is 12.1. The third-order valence-corrected chi connectivity index (χ3v) is 4.86. The number of nitrogens with zero attached hydrogens (tertiary/aromatic N) is 2. The normalized spacial score (nSPS) is 17.1. The standard InChI is InChI=1S/C19H26N4O4/c1-14(24)23-7-2-3-15-13-16(4-5-17(15)23)21-19(26)18(25)20-6-8-22-9-11-27-12-10-22/h4-5,13H,2-3,6-12H2,1H3,(H,20,25)(H,21,26). The number of amides is 3. The van der Waals surface area contributed by atoms with Crippen LogP contribution in [0.15, 0.2) is 18.2 Å². The summed E-state index contributed by atoms with van der Waals surface area (Å²) >= 11 is 0. The van der Waals surface area contributed by atoms with E-state index in [1.807, 2.05) is 12.1 Å². The van der Waals surface area contributed by atoms with Gasteiger partial charge in [-0.3, -0.25) is 19.3 Å². The Morgan fingerprint density at radius 1 is 1.11 bits per heavy atom. The summed E-state index contributed by atoms with van der Waals surface area (Å²) in [4.78, 5) is 39.8. The smallest absolute Gasteiger partial charge is 0.313 e. The molecule has 2 heterocycles. The second-order valence-corrected chi connectivity index (χ2v) is 6.78. The number of carbonyl (C=O) groups excluding carboxylic acids is 3. The monoisotopic (exact) mass is 374 g/mol. The van der Waals surface area contributed by atoms with Crippen LogP contribution in [-0.2, 0) is 25.5 Å². The van der Waals surface area contributed by atoms with E-state index in [1.165, 1.54) is 0 Å². The van der Waals surface area contributed by atoms with Crippen LogP contribution in [-0.4, -0.2) is 68.6 Å². The molecule has 2 aliphatic rings. The van der Waals surface area contributed by atoms with Gasteiger partial charge in [-0.2, -0.15) is 0 Å². The molecular formula is C19H26N4O4. The van der Waals surface area contributed by atoms with E-state index >= 15 is 0 Å². The number of morpholine rings is 1. The molecule has 0 aromatic heterocycles. The number of benzene rings is 1. The van der Waals surface area contributed by atoms with Crippen LogP contribution in [0, 0.1) is 0 Å². The topological polar surface area (TPSA) is 91.0 Å². The van der Waals surface area contributed by atoms with Gasteiger partial charge in [-0.1, -0.05) is 0 Å². The molecule has 146 valence electrons. The number of ether oxygens (including phenoxy) is 1. The summed E-state index contributed by atoms with van der Waals surface area (Å²) in [5, 5.41) is 5.28. The van der Waals surface area contributed by atoms with Crippen LogP contribution in [0.4, 0.5) is 11.4 Å². The van der Waals surface area contributed by atoms with Crippen LogP contribution < -0.4 is 15.5 Å². The third kappa shape index (κ3) is 5.05. The van der Waals surface area contributed by atoms with Crippen molar-refractivity contribution in [3.8, 4) is 0 Å². The van der Waals surface area contributed by atoms with Gasteiger partial charge in [0.1, 0.15) is 0 Å². The summed E-state index contributed by atoms with van der Waals surface area (Å²) in [6.07, 6.45) is 1.72. The van der Waals surface area contributed by atoms with Gasteiger partial charge in [0, 0.05) is 51.0 Å². The zero-order valence-electron chi connectivity index (χ0n) is 15.6. The number of hydrogen-bond donors (Lipinski definition) is 2. The first-order chi connectivity index (χ1) is 13.0. The molecule has 8 nitrogen and oxygen atoms in total. The lowest BCUT2D eigenvalue weighted by Crippen LogP contribution is -2.43. The number of carbonyl (C=O) groups is 3. The Bertz CT molecular complexity index is 716. The summed E-state index contributed by atoms with van der Waals surface area (Å²) in [7, 11) is 0. The van der Waals surface area contributed by atoms with Gasteiger partial charge in [0.05, 0.1) is 13.2 Å². The molecule has 2 N–H and O–H groups in total. The largest absolute Gasteiger partial charge is 0.379 e. The summed E-state index contributed by atoms with van der Waals surface area (Å²) in [5.74, 6) is -1.32. The quantitative estimate of drug-likeness (QED) is 0.744. The van der Waals surface area contributed by atoms with Gasteiger partial charge in [0.25, 0.3) is 0 Å².